The van der Waals surface area contributed by atoms with E-state index in [4.69, 9.17) is 9.72 Å². The summed E-state index contributed by atoms with van der Waals surface area (Å²) in [6.07, 6.45) is 2.87. The number of aromatic nitrogens is 2. The summed E-state index contributed by atoms with van der Waals surface area (Å²) >= 11 is 1.60. The number of benzene rings is 2. The van der Waals surface area contributed by atoms with Crippen molar-refractivity contribution >= 4 is 32.4 Å². The molecule has 4 rings (SSSR count). The van der Waals surface area contributed by atoms with Gasteiger partial charge in [-0.3, -0.25) is 9.20 Å². The highest BCUT2D eigenvalue weighted by molar-refractivity contribution is 7.23. The van der Waals surface area contributed by atoms with Gasteiger partial charge >= 0.3 is 0 Å². The van der Waals surface area contributed by atoms with Crippen molar-refractivity contribution in [2.75, 3.05) is 19.8 Å². The first kappa shape index (κ1) is 17.7. The first-order valence-corrected chi connectivity index (χ1v) is 9.91. The normalized spacial score (nSPS) is 11.3. The van der Waals surface area contributed by atoms with Crippen molar-refractivity contribution in [1.29, 1.82) is 0 Å². The highest BCUT2D eigenvalue weighted by atomic mass is 32.1. The van der Waals surface area contributed by atoms with Gasteiger partial charge in [-0.1, -0.05) is 41.7 Å². The van der Waals surface area contributed by atoms with Crippen LogP contribution in [0.1, 0.15) is 23.7 Å². The summed E-state index contributed by atoms with van der Waals surface area (Å²) < 4.78 is 8.43. The maximum absolute atomic E-state index is 12.3. The minimum Gasteiger partial charge on any atom is -0.382 e. The molecule has 27 heavy (non-hydrogen) atoms. The number of imidazole rings is 1. The zero-order valence-corrected chi connectivity index (χ0v) is 16.0. The van der Waals surface area contributed by atoms with Gasteiger partial charge in [-0.15, -0.1) is 0 Å². The van der Waals surface area contributed by atoms with E-state index in [9.17, 15) is 4.79 Å². The lowest BCUT2D eigenvalue weighted by molar-refractivity contribution is 0.0944. The number of nitrogens with one attached hydrogen (secondary N) is 1. The summed E-state index contributed by atoms with van der Waals surface area (Å²) in [5, 5.41) is 2.94. The third-order valence-corrected chi connectivity index (χ3v) is 5.40. The van der Waals surface area contributed by atoms with Gasteiger partial charge in [0.05, 0.1) is 15.9 Å². The number of hydrogen-bond donors (Lipinski definition) is 1. The molecule has 1 amide bonds. The van der Waals surface area contributed by atoms with Gasteiger partial charge in [0, 0.05) is 37.1 Å². The molecule has 0 unspecified atom stereocenters. The molecule has 138 valence electrons. The van der Waals surface area contributed by atoms with Gasteiger partial charge in [-0.25, -0.2) is 4.98 Å². The van der Waals surface area contributed by atoms with Crippen LogP contribution in [0.2, 0.25) is 0 Å². The fourth-order valence-corrected chi connectivity index (χ4v) is 4.06. The summed E-state index contributed by atoms with van der Waals surface area (Å²) in [5.74, 6) is -0.0515. The Morgan fingerprint density at radius 3 is 2.89 bits per heavy atom. The highest BCUT2D eigenvalue weighted by Crippen LogP contribution is 2.30. The van der Waals surface area contributed by atoms with Crippen molar-refractivity contribution in [1.82, 2.24) is 14.7 Å². The Bertz CT molecular complexity index is 1070. The quantitative estimate of drug-likeness (QED) is 0.485. The van der Waals surface area contributed by atoms with E-state index >= 15 is 0 Å². The summed E-state index contributed by atoms with van der Waals surface area (Å²) in [4.78, 5) is 18.0. The molecule has 0 aliphatic heterocycles. The van der Waals surface area contributed by atoms with Crippen LogP contribution in [0.25, 0.3) is 26.4 Å². The van der Waals surface area contributed by atoms with Gasteiger partial charge in [0.2, 0.25) is 0 Å². The van der Waals surface area contributed by atoms with Gasteiger partial charge < -0.3 is 10.1 Å². The molecule has 0 aliphatic rings. The molecule has 4 aromatic rings. The first-order valence-electron chi connectivity index (χ1n) is 9.09. The number of carbonyl (C=O) groups excluding carboxylic acids is 1. The molecule has 0 bridgehead atoms. The maximum atomic E-state index is 12.3. The van der Waals surface area contributed by atoms with E-state index in [2.05, 4.69) is 28.0 Å². The number of ether oxygens (including phenoxy) is 1. The smallest absolute Gasteiger partial charge is 0.251 e. The molecule has 2 aromatic carbocycles. The third kappa shape index (κ3) is 3.72. The second kappa shape index (κ2) is 7.90. The van der Waals surface area contributed by atoms with Crippen molar-refractivity contribution in [2.45, 2.75) is 13.3 Å². The molecule has 5 nitrogen and oxygen atoms in total. The molecule has 2 aromatic heterocycles. The van der Waals surface area contributed by atoms with Gasteiger partial charge in [0.25, 0.3) is 5.91 Å². The van der Waals surface area contributed by atoms with E-state index in [1.807, 2.05) is 43.3 Å². The van der Waals surface area contributed by atoms with Crippen LogP contribution in [0.4, 0.5) is 0 Å². The topological polar surface area (TPSA) is 55.6 Å². The third-order valence-electron chi connectivity index (χ3n) is 4.38. The summed E-state index contributed by atoms with van der Waals surface area (Å²) in [6, 6.07) is 15.9. The molecule has 0 fully saturated rings. The van der Waals surface area contributed by atoms with Crippen LogP contribution in [0.3, 0.4) is 0 Å². The monoisotopic (exact) mass is 379 g/mol. The van der Waals surface area contributed by atoms with Gasteiger partial charge in [0.15, 0.2) is 4.96 Å². The molecule has 0 saturated carbocycles. The Kier molecular flexibility index (Phi) is 5.18. The van der Waals surface area contributed by atoms with Crippen molar-refractivity contribution in [3.63, 3.8) is 0 Å². The number of thiazole rings is 1. The molecule has 0 radical (unpaired) electrons. The van der Waals surface area contributed by atoms with E-state index < -0.39 is 0 Å². The fourth-order valence-electron chi connectivity index (χ4n) is 3.01. The van der Waals surface area contributed by atoms with Crippen molar-refractivity contribution in [3.8, 4) is 11.3 Å². The SMILES string of the molecule is CCOCCCNC(=O)c1ccc2c(c1)sc1nc(-c3ccccc3)cn12. The minimum absolute atomic E-state index is 0.0515. The van der Waals surface area contributed by atoms with Crippen LogP contribution in [0.5, 0.6) is 0 Å². The fraction of sp³-hybridized carbons (Fsp3) is 0.238. The molecule has 6 heteroatoms. The zero-order chi connectivity index (χ0) is 18.6. The molecule has 0 aliphatic carbocycles. The standard InChI is InChI=1S/C21H21N3O2S/c1-2-26-12-6-11-22-20(25)16-9-10-18-19(13-16)27-21-23-17(14-24(18)21)15-7-4-3-5-8-15/h3-5,7-10,13-14H,2,6,11-12H2,1H3,(H,22,25). The van der Waals surface area contributed by atoms with Crippen LogP contribution in [0, 0.1) is 0 Å². The van der Waals surface area contributed by atoms with Crippen LogP contribution < -0.4 is 5.32 Å². The Morgan fingerprint density at radius 2 is 2.07 bits per heavy atom. The second-order valence-corrected chi connectivity index (χ2v) is 7.24. The van der Waals surface area contributed by atoms with Crippen LogP contribution in [-0.2, 0) is 4.74 Å². The van der Waals surface area contributed by atoms with Gasteiger partial charge in [0.1, 0.15) is 0 Å². The number of hydrogen-bond acceptors (Lipinski definition) is 4. The predicted octanol–water partition coefficient (Wildman–Crippen LogP) is 4.37. The molecule has 1 N–H and O–H groups in total. The molecule has 2 heterocycles. The van der Waals surface area contributed by atoms with Crippen LogP contribution in [0.15, 0.2) is 54.7 Å². The van der Waals surface area contributed by atoms with Gasteiger partial charge in [-0.05, 0) is 31.5 Å². The zero-order valence-electron chi connectivity index (χ0n) is 15.1. The van der Waals surface area contributed by atoms with Crippen LogP contribution >= 0.6 is 11.3 Å². The van der Waals surface area contributed by atoms with E-state index in [0.717, 1.165) is 32.9 Å². The Morgan fingerprint density at radius 1 is 1.22 bits per heavy atom. The largest absolute Gasteiger partial charge is 0.382 e. The second-order valence-electron chi connectivity index (χ2n) is 6.24. The lowest BCUT2D eigenvalue weighted by atomic mass is 10.2. The average Bonchev–Trinajstić information content (AvgIpc) is 3.25. The van der Waals surface area contributed by atoms with Gasteiger partial charge in [-0.2, -0.15) is 0 Å². The molecule has 0 atom stereocenters. The van der Waals surface area contributed by atoms with Crippen LogP contribution in [-0.4, -0.2) is 35.1 Å². The van der Waals surface area contributed by atoms with E-state index in [0.29, 0.717) is 25.3 Å². The molecule has 0 saturated heterocycles. The first-order chi connectivity index (χ1) is 13.3. The number of amides is 1. The minimum atomic E-state index is -0.0515. The molecular formula is C21H21N3O2S. The summed E-state index contributed by atoms with van der Waals surface area (Å²) in [6.45, 7) is 3.96. The Balaban J connectivity index is 1.54. The number of fused-ring (bicyclic) bond motifs is 3. The number of rotatable bonds is 7. The average molecular weight is 379 g/mol. The predicted molar refractivity (Wildman–Crippen MR) is 109 cm³/mol. The highest BCUT2D eigenvalue weighted by Gasteiger charge is 2.12. The number of carbonyl (C=O) groups is 1. The van der Waals surface area contributed by atoms with E-state index in [-0.39, 0.29) is 5.91 Å². The van der Waals surface area contributed by atoms with E-state index in [1.54, 1.807) is 11.3 Å². The van der Waals surface area contributed by atoms with Crippen molar-refractivity contribution in [3.05, 3.63) is 60.3 Å². The lowest BCUT2D eigenvalue weighted by Gasteiger charge is -2.05. The lowest BCUT2D eigenvalue weighted by Crippen LogP contribution is -2.25. The molecular weight excluding hydrogens is 358 g/mol. The number of nitrogens with zero attached hydrogens (tertiary/aromatic N) is 2. The summed E-state index contributed by atoms with van der Waals surface area (Å²) in [7, 11) is 0. The molecule has 0 spiro atoms. The maximum Gasteiger partial charge on any atom is 0.251 e. The summed E-state index contributed by atoms with van der Waals surface area (Å²) in [5.41, 5.74) is 3.80. The van der Waals surface area contributed by atoms with Crippen molar-refractivity contribution < 1.29 is 9.53 Å². The van der Waals surface area contributed by atoms with Crippen molar-refractivity contribution in [2.24, 2.45) is 0 Å². The van der Waals surface area contributed by atoms with E-state index in [1.165, 1.54) is 0 Å². The Hall–Kier alpha value is -2.70. The Labute approximate surface area is 161 Å².